The molecule has 3 aromatic heterocycles. The van der Waals surface area contributed by atoms with Gasteiger partial charge in [0.25, 0.3) is 15.9 Å². The van der Waals surface area contributed by atoms with Crippen LogP contribution >= 0.6 is 11.6 Å². The zero-order chi connectivity index (χ0) is 30.5. The maximum Gasteiger partial charge on any atom is 0.281 e. The van der Waals surface area contributed by atoms with Crippen molar-refractivity contribution < 1.29 is 17.9 Å². The van der Waals surface area contributed by atoms with Gasteiger partial charge in [0.2, 0.25) is 5.88 Å². The number of hydrogen-bond donors (Lipinski definition) is 2. The number of halogens is 1. The Morgan fingerprint density at radius 1 is 1.17 bits per heavy atom. The fraction of sp³-hybridized carbons (Fsp3) is 0.533. The van der Waals surface area contributed by atoms with Crippen molar-refractivity contribution in [2.24, 2.45) is 16.7 Å². The van der Waals surface area contributed by atoms with E-state index in [-0.39, 0.29) is 21.2 Å². The molecule has 0 spiro atoms. The Labute approximate surface area is 253 Å². The topological polar surface area (TPSA) is 128 Å². The van der Waals surface area contributed by atoms with E-state index in [2.05, 4.69) is 55.0 Å². The number of carbonyl (C=O) groups excluding carboxylic acids is 1. The number of nitrogens with zero attached hydrogens (tertiary/aromatic N) is 4. The summed E-state index contributed by atoms with van der Waals surface area (Å²) in [7, 11) is -4.25. The van der Waals surface area contributed by atoms with Crippen molar-refractivity contribution in [3.63, 3.8) is 0 Å². The Morgan fingerprint density at radius 3 is 2.64 bits per heavy atom. The van der Waals surface area contributed by atoms with Gasteiger partial charge in [-0.15, -0.1) is 5.10 Å². The van der Waals surface area contributed by atoms with Gasteiger partial charge in [-0.3, -0.25) is 4.79 Å². The van der Waals surface area contributed by atoms with Crippen molar-refractivity contribution in [1.29, 1.82) is 0 Å². The molecule has 10 nitrogen and oxygen atoms in total. The van der Waals surface area contributed by atoms with Gasteiger partial charge in [-0.05, 0) is 79.5 Å². The zero-order valence-corrected chi connectivity index (χ0v) is 26.6. The molecule has 4 rings (SSSR count). The second kappa shape index (κ2) is 13.0. The average Bonchev–Trinajstić information content (AvgIpc) is 3.51. The molecule has 1 fully saturated rings. The number of amides is 1. The lowest BCUT2D eigenvalue weighted by atomic mass is 9.89. The van der Waals surface area contributed by atoms with Crippen molar-refractivity contribution in [2.75, 3.05) is 18.5 Å². The summed E-state index contributed by atoms with van der Waals surface area (Å²) in [6.45, 7) is 12.3. The third-order valence-corrected chi connectivity index (χ3v) is 8.89. The fourth-order valence-electron chi connectivity index (χ4n) is 5.02. The average molecular weight is 617 g/mol. The van der Waals surface area contributed by atoms with Gasteiger partial charge in [-0.2, -0.15) is 8.42 Å². The molecule has 3 heterocycles. The summed E-state index contributed by atoms with van der Waals surface area (Å²) < 4.78 is 35.2. The van der Waals surface area contributed by atoms with Gasteiger partial charge >= 0.3 is 0 Å². The summed E-state index contributed by atoms with van der Waals surface area (Å²) in [6, 6.07) is 9.25. The van der Waals surface area contributed by atoms with Crippen LogP contribution in [-0.4, -0.2) is 47.2 Å². The van der Waals surface area contributed by atoms with E-state index in [0.29, 0.717) is 36.1 Å². The van der Waals surface area contributed by atoms with Crippen molar-refractivity contribution >= 4 is 33.3 Å². The smallest absolute Gasteiger partial charge is 0.281 e. The molecule has 1 aliphatic carbocycles. The van der Waals surface area contributed by atoms with Crippen LogP contribution in [0.25, 0.3) is 5.82 Å². The second-order valence-electron chi connectivity index (χ2n) is 12.9. The Morgan fingerprint density at radius 2 is 1.95 bits per heavy atom. The molecule has 12 heteroatoms. The van der Waals surface area contributed by atoms with Crippen molar-refractivity contribution in [1.82, 2.24) is 24.5 Å². The molecule has 1 aliphatic rings. The van der Waals surface area contributed by atoms with E-state index in [1.807, 2.05) is 4.72 Å². The van der Waals surface area contributed by atoms with Crippen LogP contribution in [0.5, 0.6) is 5.88 Å². The summed E-state index contributed by atoms with van der Waals surface area (Å²) in [5, 5.41) is 7.10. The Kier molecular flexibility index (Phi) is 9.82. The molecule has 3 aromatic rings. The molecule has 2 N–H and O–H groups in total. The molecule has 1 amide bonds. The number of pyridine rings is 2. The van der Waals surface area contributed by atoms with Gasteiger partial charge in [-0.1, -0.05) is 52.3 Å². The number of carbonyl (C=O) groups is 1. The first-order chi connectivity index (χ1) is 19.7. The summed E-state index contributed by atoms with van der Waals surface area (Å²) >= 11 is 6.28. The molecule has 0 bridgehead atoms. The SMILES string of the molecule is CC(C)(C)CCOc1ccn(-c2ccc(C(=O)NS(=O)(=O)c3cccc(NCCC[C@@H]4CCC(C)(C)C4)n3)c(Cl)n2)n1. The molecule has 1 atom stereocenters. The van der Waals surface area contributed by atoms with E-state index in [1.54, 1.807) is 24.4 Å². The van der Waals surface area contributed by atoms with Gasteiger partial charge < -0.3 is 10.1 Å². The first-order valence-corrected chi connectivity index (χ1v) is 16.2. The van der Waals surface area contributed by atoms with Crippen molar-refractivity contribution in [2.45, 2.75) is 78.2 Å². The minimum atomic E-state index is -4.25. The Bertz CT molecular complexity index is 1500. The third-order valence-electron chi connectivity index (χ3n) is 7.37. The van der Waals surface area contributed by atoms with E-state index >= 15 is 0 Å². The van der Waals surface area contributed by atoms with E-state index in [9.17, 15) is 13.2 Å². The number of nitrogens with one attached hydrogen (secondary N) is 2. The van der Waals surface area contributed by atoms with Crippen LogP contribution in [0, 0.1) is 16.7 Å². The molecular formula is C30H41ClN6O4S. The maximum atomic E-state index is 13.0. The van der Waals surface area contributed by atoms with Crippen LogP contribution < -0.4 is 14.8 Å². The van der Waals surface area contributed by atoms with Crippen LogP contribution in [0.1, 0.15) is 83.5 Å². The molecule has 1 saturated carbocycles. The van der Waals surface area contributed by atoms with Crippen molar-refractivity contribution in [3.8, 4) is 11.7 Å². The normalized spacial score (nSPS) is 16.8. The Balaban J connectivity index is 1.33. The quantitative estimate of drug-likeness (QED) is 0.180. The van der Waals surface area contributed by atoms with Crippen molar-refractivity contribution in [3.05, 3.63) is 53.3 Å². The zero-order valence-electron chi connectivity index (χ0n) is 25.0. The molecule has 0 saturated heterocycles. The molecular weight excluding hydrogens is 576 g/mol. The minimum Gasteiger partial charge on any atom is -0.477 e. The molecule has 0 radical (unpaired) electrons. The summed E-state index contributed by atoms with van der Waals surface area (Å²) in [5.74, 6) is 1.04. The second-order valence-corrected chi connectivity index (χ2v) is 14.9. The van der Waals surface area contributed by atoms with Gasteiger partial charge in [0, 0.05) is 18.8 Å². The lowest BCUT2D eigenvalue weighted by Crippen LogP contribution is -2.31. The highest BCUT2D eigenvalue weighted by Crippen LogP contribution is 2.42. The first kappa shape index (κ1) is 31.7. The fourth-order valence-corrected chi connectivity index (χ4v) is 6.19. The highest BCUT2D eigenvalue weighted by atomic mass is 35.5. The molecule has 42 heavy (non-hydrogen) atoms. The standard InChI is InChI=1S/C30H41ClN6O4S/c1-29(2,3)16-19-41-25-14-18-37(35-25)24-12-11-22(27(31)34-24)28(38)36-42(39,40)26-10-6-9-23(33-26)32-17-7-8-21-13-15-30(4,5)20-21/h6,9-12,14,18,21H,7-8,13,15-17,19-20H2,1-5H3,(H,32,33)(H,36,38)/t21-/m1/s1. The number of hydrogen-bond acceptors (Lipinski definition) is 8. The van der Waals surface area contributed by atoms with Gasteiger partial charge in [0.15, 0.2) is 10.8 Å². The lowest BCUT2D eigenvalue weighted by molar-refractivity contribution is 0.0981. The van der Waals surface area contributed by atoms with Crippen LogP contribution in [0.2, 0.25) is 5.15 Å². The number of ether oxygens (including phenoxy) is 1. The lowest BCUT2D eigenvalue weighted by Gasteiger charge is -2.17. The van der Waals surface area contributed by atoms with Crippen LogP contribution in [0.3, 0.4) is 0 Å². The summed E-state index contributed by atoms with van der Waals surface area (Å²) in [6.07, 6.45) is 8.41. The highest BCUT2D eigenvalue weighted by molar-refractivity contribution is 7.90. The van der Waals surface area contributed by atoms with E-state index < -0.39 is 15.9 Å². The predicted octanol–water partition coefficient (Wildman–Crippen LogP) is 6.27. The van der Waals surface area contributed by atoms with E-state index in [1.165, 1.54) is 42.1 Å². The largest absolute Gasteiger partial charge is 0.477 e. The van der Waals surface area contributed by atoms with Crippen LogP contribution in [0.4, 0.5) is 5.82 Å². The van der Waals surface area contributed by atoms with Crippen LogP contribution in [-0.2, 0) is 10.0 Å². The van der Waals surface area contributed by atoms with Gasteiger partial charge in [0.05, 0.1) is 12.2 Å². The predicted molar refractivity (Wildman–Crippen MR) is 164 cm³/mol. The van der Waals surface area contributed by atoms with E-state index in [0.717, 1.165) is 25.2 Å². The van der Waals surface area contributed by atoms with Gasteiger partial charge in [0.1, 0.15) is 11.0 Å². The van der Waals surface area contributed by atoms with Crippen LogP contribution in [0.15, 0.2) is 47.6 Å². The minimum absolute atomic E-state index is 0.0952. The number of sulfonamides is 1. The van der Waals surface area contributed by atoms with E-state index in [4.69, 9.17) is 16.3 Å². The molecule has 0 unspecified atom stereocenters. The number of anilines is 1. The number of aromatic nitrogens is 4. The first-order valence-electron chi connectivity index (χ1n) is 14.3. The maximum absolute atomic E-state index is 13.0. The summed E-state index contributed by atoms with van der Waals surface area (Å²) in [5.41, 5.74) is 0.478. The monoisotopic (exact) mass is 616 g/mol. The number of rotatable bonds is 12. The molecule has 0 aromatic carbocycles. The van der Waals surface area contributed by atoms with Gasteiger partial charge in [-0.25, -0.2) is 19.4 Å². The third kappa shape index (κ3) is 8.91. The molecule has 0 aliphatic heterocycles. The molecule has 228 valence electrons. The highest BCUT2D eigenvalue weighted by Gasteiger charge is 2.30. The summed E-state index contributed by atoms with van der Waals surface area (Å²) in [4.78, 5) is 21.3. The Hall–Kier alpha value is -3.18.